The molecular weight excluding hydrogens is 352 g/mol. The average molecular weight is 385 g/mol. The van der Waals surface area contributed by atoms with Gasteiger partial charge in [-0.1, -0.05) is 30.3 Å². The predicted molar refractivity (Wildman–Crippen MR) is 111 cm³/mol. The summed E-state index contributed by atoms with van der Waals surface area (Å²) in [6.45, 7) is 7.67. The van der Waals surface area contributed by atoms with Crippen LogP contribution in [0, 0.1) is 6.92 Å². The van der Waals surface area contributed by atoms with E-state index in [9.17, 15) is 0 Å². The van der Waals surface area contributed by atoms with E-state index in [2.05, 4.69) is 51.2 Å². The van der Waals surface area contributed by atoms with E-state index < -0.39 is 0 Å². The minimum atomic E-state index is 0.233. The van der Waals surface area contributed by atoms with E-state index in [0.29, 0.717) is 6.54 Å². The Bertz CT molecular complexity index is 766. The summed E-state index contributed by atoms with van der Waals surface area (Å²) in [5.74, 6) is 2.57. The molecule has 1 aliphatic rings. The Balaban J connectivity index is 1.60. The second kappa shape index (κ2) is 9.68. The molecule has 0 saturated heterocycles. The molecule has 7 nitrogen and oxygen atoms in total. The van der Waals surface area contributed by atoms with Gasteiger partial charge in [0, 0.05) is 38.8 Å². The van der Waals surface area contributed by atoms with E-state index >= 15 is 0 Å². The first-order valence-electron chi connectivity index (χ1n) is 10.1. The minimum absolute atomic E-state index is 0.233. The molecule has 1 aliphatic carbocycles. The van der Waals surface area contributed by atoms with Gasteiger partial charge in [0.1, 0.15) is 12.4 Å². The molecule has 7 heteroatoms. The number of hydrogen-bond donors (Lipinski definition) is 2. The summed E-state index contributed by atoms with van der Waals surface area (Å²) < 4.78 is 7.40. The molecule has 1 aromatic heterocycles. The van der Waals surface area contributed by atoms with E-state index in [1.807, 2.05) is 25.5 Å². The molecule has 152 valence electrons. The average Bonchev–Trinajstić information content (AvgIpc) is 3.45. The standard InChI is InChI=1S/C21H32N6O/c1-4-28-14-8-13-22-20(23-15-19-26-25-17(2)27(19)3)24-16-21(11-12-21)18-9-6-5-7-10-18/h5-7,9-10H,4,8,11-16H2,1-3H3,(H2,22,23,24). The molecular formula is C21H32N6O. The lowest BCUT2D eigenvalue weighted by molar-refractivity contribution is 0.145. The molecule has 2 aromatic rings. The molecule has 28 heavy (non-hydrogen) atoms. The fraction of sp³-hybridized carbons (Fsp3) is 0.571. The monoisotopic (exact) mass is 384 g/mol. The minimum Gasteiger partial charge on any atom is -0.382 e. The van der Waals surface area contributed by atoms with Crippen LogP contribution in [0.25, 0.3) is 0 Å². The Hall–Kier alpha value is -2.41. The van der Waals surface area contributed by atoms with Crippen molar-refractivity contribution in [1.29, 1.82) is 0 Å². The van der Waals surface area contributed by atoms with Gasteiger partial charge in [-0.3, -0.25) is 0 Å². The second-order valence-electron chi connectivity index (χ2n) is 7.36. The molecule has 0 aliphatic heterocycles. The highest BCUT2D eigenvalue weighted by atomic mass is 16.5. The molecule has 1 heterocycles. The van der Waals surface area contributed by atoms with Crippen molar-refractivity contribution in [1.82, 2.24) is 25.4 Å². The molecule has 0 bridgehead atoms. The Morgan fingerprint density at radius 1 is 1.21 bits per heavy atom. The number of benzene rings is 1. The van der Waals surface area contributed by atoms with Gasteiger partial charge >= 0.3 is 0 Å². The van der Waals surface area contributed by atoms with Gasteiger partial charge in [-0.2, -0.15) is 0 Å². The van der Waals surface area contributed by atoms with Gasteiger partial charge in [0.2, 0.25) is 0 Å². The van der Waals surface area contributed by atoms with Crippen LogP contribution in [0.1, 0.15) is 43.4 Å². The van der Waals surface area contributed by atoms with Gasteiger partial charge in [0.15, 0.2) is 11.8 Å². The van der Waals surface area contributed by atoms with E-state index in [4.69, 9.17) is 9.73 Å². The number of ether oxygens (including phenoxy) is 1. The third-order valence-electron chi connectivity index (χ3n) is 5.36. The van der Waals surface area contributed by atoms with Crippen LogP contribution >= 0.6 is 0 Å². The van der Waals surface area contributed by atoms with Crippen LogP contribution < -0.4 is 10.6 Å². The van der Waals surface area contributed by atoms with Crippen LogP contribution in [-0.2, 0) is 23.7 Å². The largest absolute Gasteiger partial charge is 0.382 e. The van der Waals surface area contributed by atoms with E-state index in [1.165, 1.54) is 18.4 Å². The van der Waals surface area contributed by atoms with Crippen molar-refractivity contribution < 1.29 is 4.74 Å². The highest BCUT2D eigenvalue weighted by Gasteiger charge is 2.44. The topological polar surface area (TPSA) is 76.4 Å². The van der Waals surface area contributed by atoms with E-state index in [0.717, 1.165) is 50.3 Å². The lowest BCUT2D eigenvalue weighted by atomic mass is 9.96. The van der Waals surface area contributed by atoms with Gasteiger partial charge in [0.25, 0.3) is 0 Å². The van der Waals surface area contributed by atoms with Crippen LogP contribution in [0.4, 0.5) is 0 Å². The number of hydrogen-bond acceptors (Lipinski definition) is 4. The first-order chi connectivity index (χ1) is 13.6. The first-order valence-corrected chi connectivity index (χ1v) is 10.1. The van der Waals surface area contributed by atoms with Crippen LogP contribution in [0.3, 0.4) is 0 Å². The third kappa shape index (κ3) is 5.32. The molecule has 1 fully saturated rings. The van der Waals surface area contributed by atoms with Crippen molar-refractivity contribution in [2.75, 3.05) is 26.3 Å². The van der Waals surface area contributed by atoms with Gasteiger partial charge in [-0.05, 0) is 38.7 Å². The number of guanidine groups is 1. The van der Waals surface area contributed by atoms with Crippen molar-refractivity contribution in [2.24, 2.45) is 12.0 Å². The van der Waals surface area contributed by atoms with Crippen LogP contribution in [0.15, 0.2) is 35.3 Å². The highest BCUT2D eigenvalue weighted by Crippen LogP contribution is 2.47. The Morgan fingerprint density at radius 2 is 2.00 bits per heavy atom. The zero-order chi connectivity index (χ0) is 19.8. The van der Waals surface area contributed by atoms with Gasteiger partial charge in [-0.15, -0.1) is 10.2 Å². The fourth-order valence-corrected chi connectivity index (χ4v) is 3.20. The predicted octanol–water partition coefficient (Wildman–Crippen LogP) is 2.32. The summed E-state index contributed by atoms with van der Waals surface area (Å²) in [4.78, 5) is 4.74. The maximum absolute atomic E-state index is 5.42. The van der Waals surface area contributed by atoms with Gasteiger partial charge in [0.05, 0.1) is 0 Å². The molecule has 0 radical (unpaired) electrons. The quantitative estimate of drug-likeness (QED) is 0.373. The number of nitrogens with one attached hydrogen (secondary N) is 2. The zero-order valence-electron chi connectivity index (χ0n) is 17.2. The maximum atomic E-state index is 5.42. The van der Waals surface area contributed by atoms with Crippen molar-refractivity contribution in [3.63, 3.8) is 0 Å². The summed E-state index contributed by atoms with van der Waals surface area (Å²) >= 11 is 0. The molecule has 2 N–H and O–H groups in total. The summed E-state index contributed by atoms with van der Waals surface area (Å²) in [7, 11) is 1.97. The molecule has 3 rings (SSSR count). The zero-order valence-corrected chi connectivity index (χ0v) is 17.2. The summed E-state index contributed by atoms with van der Waals surface area (Å²) in [6.07, 6.45) is 3.37. The Labute approximate surface area is 167 Å². The van der Waals surface area contributed by atoms with Gasteiger partial charge < -0.3 is 19.9 Å². The molecule has 0 atom stereocenters. The van der Waals surface area contributed by atoms with Crippen LogP contribution in [-0.4, -0.2) is 47.0 Å². The first kappa shape index (κ1) is 20.3. The normalized spacial score (nSPS) is 15.5. The van der Waals surface area contributed by atoms with Crippen molar-refractivity contribution in [3.8, 4) is 0 Å². The van der Waals surface area contributed by atoms with E-state index in [1.54, 1.807) is 0 Å². The Kier molecular flexibility index (Phi) is 7.03. The van der Waals surface area contributed by atoms with Gasteiger partial charge in [-0.25, -0.2) is 4.99 Å². The van der Waals surface area contributed by atoms with Crippen molar-refractivity contribution >= 4 is 5.96 Å². The fourth-order valence-electron chi connectivity index (χ4n) is 3.20. The van der Waals surface area contributed by atoms with Crippen LogP contribution in [0.5, 0.6) is 0 Å². The second-order valence-corrected chi connectivity index (χ2v) is 7.36. The molecule has 1 aromatic carbocycles. The smallest absolute Gasteiger partial charge is 0.191 e. The number of rotatable bonds is 10. The number of nitrogens with zero attached hydrogens (tertiary/aromatic N) is 4. The molecule has 0 spiro atoms. The van der Waals surface area contributed by atoms with Crippen molar-refractivity contribution in [3.05, 3.63) is 47.5 Å². The van der Waals surface area contributed by atoms with E-state index in [-0.39, 0.29) is 5.41 Å². The number of aryl methyl sites for hydroxylation is 1. The number of aliphatic imine (C=N–C) groups is 1. The molecule has 0 amide bonds. The SMILES string of the molecule is CCOCCCNC(=NCc1nnc(C)n1C)NCC1(c2ccccc2)CC1. The lowest BCUT2D eigenvalue weighted by Gasteiger charge is -2.19. The molecule has 0 unspecified atom stereocenters. The summed E-state index contributed by atoms with van der Waals surface area (Å²) in [6, 6.07) is 10.8. The Morgan fingerprint density at radius 3 is 2.64 bits per heavy atom. The summed E-state index contributed by atoms with van der Waals surface area (Å²) in [5, 5.41) is 15.3. The lowest BCUT2D eigenvalue weighted by Crippen LogP contribution is -2.42. The molecule has 1 saturated carbocycles. The summed E-state index contributed by atoms with van der Waals surface area (Å²) in [5.41, 5.74) is 1.64. The number of aromatic nitrogens is 3. The van der Waals surface area contributed by atoms with Crippen LogP contribution in [0.2, 0.25) is 0 Å². The van der Waals surface area contributed by atoms with Crippen molar-refractivity contribution in [2.45, 2.75) is 45.1 Å². The maximum Gasteiger partial charge on any atom is 0.191 e. The highest BCUT2D eigenvalue weighted by molar-refractivity contribution is 5.80. The third-order valence-corrected chi connectivity index (χ3v) is 5.36.